The van der Waals surface area contributed by atoms with E-state index in [0.29, 0.717) is 17.3 Å². The van der Waals surface area contributed by atoms with Crippen LogP contribution in [0, 0.1) is 6.92 Å². The van der Waals surface area contributed by atoms with E-state index in [0.717, 1.165) is 36.1 Å². The van der Waals surface area contributed by atoms with Crippen molar-refractivity contribution in [1.29, 1.82) is 0 Å². The normalized spacial score (nSPS) is 17.8. The zero-order valence-corrected chi connectivity index (χ0v) is 13.9. The molecule has 0 unspecified atom stereocenters. The number of nitrogens with zero attached hydrogens (tertiary/aromatic N) is 1. The van der Waals surface area contributed by atoms with Gasteiger partial charge in [-0.3, -0.25) is 0 Å². The second-order valence-electron chi connectivity index (χ2n) is 5.38. The third-order valence-electron chi connectivity index (χ3n) is 4.04. The third kappa shape index (κ3) is 3.08. The SMILES string of the molecule is CCN(C1CCCCC1)S(=O)(=O)c1cc(C)c(CN)s1. The van der Waals surface area contributed by atoms with Gasteiger partial charge in [-0.2, -0.15) is 4.31 Å². The molecule has 1 aliphatic carbocycles. The van der Waals surface area contributed by atoms with E-state index in [-0.39, 0.29) is 6.04 Å². The first-order valence-corrected chi connectivity index (χ1v) is 9.57. The fourth-order valence-corrected chi connectivity index (χ4v) is 6.22. The van der Waals surface area contributed by atoms with E-state index in [2.05, 4.69) is 0 Å². The molecule has 2 N–H and O–H groups in total. The van der Waals surface area contributed by atoms with Gasteiger partial charge >= 0.3 is 0 Å². The Hall–Kier alpha value is -0.430. The van der Waals surface area contributed by atoms with E-state index in [1.165, 1.54) is 17.8 Å². The molecule has 1 aliphatic rings. The summed E-state index contributed by atoms with van der Waals surface area (Å²) in [5.41, 5.74) is 6.64. The van der Waals surface area contributed by atoms with Gasteiger partial charge < -0.3 is 5.73 Å². The van der Waals surface area contributed by atoms with Crippen LogP contribution in [-0.2, 0) is 16.6 Å². The molecule has 1 aromatic heterocycles. The fourth-order valence-electron chi connectivity index (χ4n) is 2.93. The van der Waals surface area contributed by atoms with Crippen molar-refractivity contribution < 1.29 is 8.42 Å². The molecule has 0 amide bonds. The molecule has 0 atom stereocenters. The minimum absolute atomic E-state index is 0.169. The monoisotopic (exact) mass is 316 g/mol. The molecule has 114 valence electrons. The Morgan fingerprint density at radius 3 is 2.50 bits per heavy atom. The standard InChI is InChI=1S/C14H24N2O2S2/c1-3-16(12-7-5-4-6-8-12)20(17,18)14-9-11(2)13(10-15)19-14/h9,12H,3-8,10,15H2,1-2H3. The van der Waals surface area contributed by atoms with E-state index in [9.17, 15) is 8.42 Å². The average Bonchev–Trinajstić information content (AvgIpc) is 2.82. The lowest BCUT2D eigenvalue weighted by Gasteiger charge is -2.32. The lowest BCUT2D eigenvalue weighted by molar-refractivity contribution is 0.261. The van der Waals surface area contributed by atoms with E-state index in [1.54, 1.807) is 10.4 Å². The predicted molar refractivity (Wildman–Crippen MR) is 83.4 cm³/mol. The van der Waals surface area contributed by atoms with Crippen LogP contribution in [0.1, 0.15) is 49.5 Å². The summed E-state index contributed by atoms with van der Waals surface area (Å²) in [7, 11) is -3.37. The van der Waals surface area contributed by atoms with Gasteiger partial charge in [0.1, 0.15) is 4.21 Å². The number of rotatable bonds is 5. The first-order valence-electron chi connectivity index (χ1n) is 7.32. The summed E-state index contributed by atoms with van der Waals surface area (Å²) in [4.78, 5) is 0.961. The molecule has 1 saturated carbocycles. The second-order valence-corrected chi connectivity index (χ2v) is 8.63. The van der Waals surface area contributed by atoms with E-state index in [1.807, 2.05) is 13.8 Å². The largest absolute Gasteiger partial charge is 0.326 e. The predicted octanol–water partition coefficient (Wildman–Crippen LogP) is 2.86. The highest BCUT2D eigenvalue weighted by molar-refractivity contribution is 7.91. The van der Waals surface area contributed by atoms with Crippen LogP contribution in [-0.4, -0.2) is 25.3 Å². The molecular formula is C14H24N2O2S2. The van der Waals surface area contributed by atoms with E-state index < -0.39 is 10.0 Å². The summed E-state index contributed by atoms with van der Waals surface area (Å²) in [5.74, 6) is 0. The second kappa shape index (κ2) is 6.56. The Morgan fingerprint density at radius 1 is 1.35 bits per heavy atom. The molecule has 0 aromatic carbocycles. The number of thiophene rings is 1. The molecule has 4 nitrogen and oxygen atoms in total. The molecule has 0 aliphatic heterocycles. The molecule has 0 radical (unpaired) electrons. The van der Waals surface area contributed by atoms with Crippen LogP contribution in [0.2, 0.25) is 0 Å². The fraction of sp³-hybridized carbons (Fsp3) is 0.714. The van der Waals surface area contributed by atoms with Crippen LogP contribution in [0.5, 0.6) is 0 Å². The van der Waals surface area contributed by atoms with Crippen molar-refractivity contribution in [3.05, 3.63) is 16.5 Å². The van der Waals surface area contributed by atoms with Gasteiger partial charge in [0.05, 0.1) is 0 Å². The molecule has 1 aromatic rings. The molecule has 0 saturated heterocycles. The zero-order chi connectivity index (χ0) is 14.8. The smallest absolute Gasteiger partial charge is 0.252 e. The Balaban J connectivity index is 2.30. The molecule has 1 heterocycles. The topological polar surface area (TPSA) is 63.4 Å². The van der Waals surface area contributed by atoms with Crippen LogP contribution < -0.4 is 5.73 Å². The van der Waals surface area contributed by atoms with Gasteiger partial charge in [0, 0.05) is 24.0 Å². The molecular weight excluding hydrogens is 292 g/mol. The Kier molecular flexibility index (Phi) is 5.23. The zero-order valence-electron chi connectivity index (χ0n) is 12.3. The number of hydrogen-bond donors (Lipinski definition) is 1. The lowest BCUT2D eigenvalue weighted by atomic mass is 9.95. The maximum atomic E-state index is 12.8. The Morgan fingerprint density at radius 2 is 2.00 bits per heavy atom. The Bertz CT molecular complexity index is 546. The van der Waals surface area contributed by atoms with Crippen molar-refractivity contribution in [1.82, 2.24) is 4.31 Å². The molecule has 20 heavy (non-hydrogen) atoms. The van der Waals surface area contributed by atoms with Crippen molar-refractivity contribution in [2.24, 2.45) is 5.73 Å². The molecule has 6 heteroatoms. The minimum atomic E-state index is -3.37. The minimum Gasteiger partial charge on any atom is -0.326 e. The van der Waals surface area contributed by atoms with Crippen molar-refractivity contribution in [2.75, 3.05) is 6.54 Å². The average molecular weight is 316 g/mol. The van der Waals surface area contributed by atoms with Crippen LogP contribution in [0.15, 0.2) is 10.3 Å². The Labute approximate surface area is 126 Å². The lowest BCUT2D eigenvalue weighted by Crippen LogP contribution is -2.40. The molecule has 0 bridgehead atoms. The van der Waals surface area contributed by atoms with Crippen LogP contribution in [0.25, 0.3) is 0 Å². The highest BCUT2D eigenvalue weighted by atomic mass is 32.2. The third-order valence-corrected chi connectivity index (χ3v) is 7.78. The molecule has 1 fully saturated rings. The van der Waals surface area contributed by atoms with Crippen molar-refractivity contribution in [3.8, 4) is 0 Å². The highest BCUT2D eigenvalue weighted by Gasteiger charge is 2.32. The van der Waals surface area contributed by atoms with Gasteiger partial charge in [0.25, 0.3) is 10.0 Å². The maximum absolute atomic E-state index is 12.8. The van der Waals surface area contributed by atoms with Crippen LogP contribution in [0.4, 0.5) is 0 Å². The van der Waals surface area contributed by atoms with Crippen molar-refractivity contribution in [3.63, 3.8) is 0 Å². The number of sulfonamides is 1. The molecule has 2 rings (SSSR count). The molecule has 0 spiro atoms. The van der Waals surface area contributed by atoms with E-state index in [4.69, 9.17) is 5.73 Å². The van der Waals surface area contributed by atoms with E-state index >= 15 is 0 Å². The summed E-state index contributed by atoms with van der Waals surface area (Å²) in [6.45, 7) is 4.80. The number of hydrogen-bond acceptors (Lipinski definition) is 4. The van der Waals surface area contributed by atoms with Crippen LogP contribution in [0.3, 0.4) is 0 Å². The highest BCUT2D eigenvalue weighted by Crippen LogP contribution is 2.32. The first-order chi connectivity index (χ1) is 9.50. The van der Waals surface area contributed by atoms with Crippen molar-refractivity contribution >= 4 is 21.4 Å². The number of nitrogens with two attached hydrogens (primary N) is 1. The van der Waals surface area contributed by atoms with Crippen LogP contribution >= 0.6 is 11.3 Å². The van der Waals surface area contributed by atoms with Gasteiger partial charge in [-0.1, -0.05) is 26.2 Å². The van der Waals surface area contributed by atoms with Gasteiger partial charge in [-0.05, 0) is 31.4 Å². The van der Waals surface area contributed by atoms with Gasteiger partial charge in [-0.15, -0.1) is 11.3 Å². The summed E-state index contributed by atoms with van der Waals surface area (Å²) in [6.07, 6.45) is 5.47. The quantitative estimate of drug-likeness (QED) is 0.908. The first kappa shape index (κ1) is 15.9. The summed E-state index contributed by atoms with van der Waals surface area (Å²) < 4.78 is 27.8. The van der Waals surface area contributed by atoms with Gasteiger partial charge in [-0.25, -0.2) is 8.42 Å². The summed E-state index contributed by atoms with van der Waals surface area (Å²) >= 11 is 1.32. The summed E-state index contributed by atoms with van der Waals surface area (Å²) in [6, 6.07) is 1.94. The van der Waals surface area contributed by atoms with Gasteiger partial charge in [0.2, 0.25) is 0 Å². The van der Waals surface area contributed by atoms with Gasteiger partial charge in [0.15, 0.2) is 0 Å². The number of aryl methyl sites for hydroxylation is 1. The van der Waals surface area contributed by atoms with Crippen molar-refractivity contribution in [2.45, 2.75) is 62.7 Å². The summed E-state index contributed by atoms with van der Waals surface area (Å²) in [5, 5.41) is 0. The maximum Gasteiger partial charge on any atom is 0.252 e.